The molecule has 5 rings (SSSR count). The predicted molar refractivity (Wildman–Crippen MR) is 111 cm³/mol. The molecule has 0 radical (unpaired) electrons. The van der Waals surface area contributed by atoms with Gasteiger partial charge in [0, 0.05) is 50.8 Å². The van der Waals surface area contributed by atoms with E-state index in [1.165, 1.54) is 17.7 Å². The lowest BCUT2D eigenvalue weighted by Gasteiger charge is -2.34. The molecule has 1 saturated heterocycles. The molecule has 0 atom stereocenters. The number of fused-ring (bicyclic) bond motifs is 1. The number of nitrogens with one attached hydrogen (secondary N) is 1. The SMILES string of the molecule is Fc1ccc(-c2cc3sc(N4CCN(Cc5ccncc5)CC4)nc3[nH]2)cc1. The Bertz CT molecular complexity index is 1030. The van der Waals surface area contributed by atoms with Crippen LogP contribution in [0.15, 0.2) is 54.9 Å². The lowest BCUT2D eigenvalue weighted by molar-refractivity contribution is 0.250. The van der Waals surface area contributed by atoms with Gasteiger partial charge in [-0.1, -0.05) is 11.3 Å². The van der Waals surface area contributed by atoms with E-state index in [0.717, 1.165) is 59.5 Å². The largest absolute Gasteiger partial charge is 0.345 e. The Morgan fingerprint density at radius 1 is 1.00 bits per heavy atom. The number of pyridine rings is 1. The van der Waals surface area contributed by atoms with E-state index in [1.807, 2.05) is 12.4 Å². The van der Waals surface area contributed by atoms with Crippen LogP contribution in [0.5, 0.6) is 0 Å². The second kappa shape index (κ2) is 7.33. The predicted octanol–water partition coefficient (Wildman–Crippen LogP) is 4.15. The average Bonchev–Trinajstić information content (AvgIpc) is 3.29. The minimum absolute atomic E-state index is 0.222. The zero-order valence-corrected chi connectivity index (χ0v) is 16.1. The molecule has 0 amide bonds. The number of nitrogens with zero attached hydrogens (tertiary/aromatic N) is 4. The molecule has 4 heterocycles. The van der Waals surface area contributed by atoms with E-state index in [-0.39, 0.29) is 5.82 Å². The minimum Gasteiger partial charge on any atom is -0.345 e. The van der Waals surface area contributed by atoms with Gasteiger partial charge in [0.05, 0.1) is 4.70 Å². The first-order valence-electron chi connectivity index (χ1n) is 9.36. The molecule has 28 heavy (non-hydrogen) atoms. The Morgan fingerprint density at radius 2 is 1.75 bits per heavy atom. The fraction of sp³-hybridized carbons (Fsp3) is 0.238. The highest BCUT2D eigenvalue weighted by Crippen LogP contribution is 2.33. The van der Waals surface area contributed by atoms with Crippen molar-refractivity contribution in [1.29, 1.82) is 0 Å². The Morgan fingerprint density at radius 3 is 2.46 bits per heavy atom. The van der Waals surface area contributed by atoms with E-state index in [4.69, 9.17) is 4.98 Å². The molecular formula is C21H20FN5S. The summed E-state index contributed by atoms with van der Waals surface area (Å²) in [6.45, 7) is 4.97. The lowest BCUT2D eigenvalue weighted by atomic mass is 10.1. The summed E-state index contributed by atoms with van der Waals surface area (Å²) in [5.41, 5.74) is 4.15. The molecule has 0 saturated carbocycles. The number of anilines is 1. The first-order chi connectivity index (χ1) is 13.7. The molecule has 0 unspecified atom stereocenters. The van der Waals surface area contributed by atoms with Crippen molar-refractivity contribution in [3.05, 3.63) is 66.2 Å². The van der Waals surface area contributed by atoms with E-state index >= 15 is 0 Å². The number of aromatic nitrogens is 3. The first kappa shape index (κ1) is 17.3. The van der Waals surface area contributed by atoms with Gasteiger partial charge in [-0.25, -0.2) is 9.37 Å². The Kier molecular flexibility index (Phi) is 4.54. The molecule has 3 aromatic heterocycles. The number of thiazole rings is 1. The van der Waals surface area contributed by atoms with Crippen LogP contribution in [0.4, 0.5) is 9.52 Å². The summed E-state index contributed by atoms with van der Waals surface area (Å²) >= 11 is 1.71. The molecule has 7 heteroatoms. The van der Waals surface area contributed by atoms with Crippen LogP contribution in [0.3, 0.4) is 0 Å². The van der Waals surface area contributed by atoms with Crippen molar-refractivity contribution in [3.8, 4) is 11.3 Å². The van der Waals surface area contributed by atoms with Crippen LogP contribution in [0.2, 0.25) is 0 Å². The van der Waals surface area contributed by atoms with E-state index < -0.39 is 0 Å². The number of hydrogen-bond acceptors (Lipinski definition) is 5. The van der Waals surface area contributed by atoms with Gasteiger partial charge in [0.25, 0.3) is 0 Å². The number of halogens is 1. The molecule has 1 aliphatic heterocycles. The van der Waals surface area contributed by atoms with Gasteiger partial charge in [-0.15, -0.1) is 0 Å². The average molecular weight is 393 g/mol. The third-order valence-electron chi connectivity index (χ3n) is 5.12. The maximum atomic E-state index is 13.1. The molecule has 142 valence electrons. The van der Waals surface area contributed by atoms with Crippen molar-refractivity contribution in [2.45, 2.75) is 6.54 Å². The van der Waals surface area contributed by atoms with Crippen molar-refractivity contribution in [2.75, 3.05) is 31.1 Å². The fourth-order valence-corrected chi connectivity index (χ4v) is 4.58. The van der Waals surface area contributed by atoms with Gasteiger partial charge in [-0.05, 0) is 53.6 Å². The smallest absolute Gasteiger partial charge is 0.188 e. The highest BCUT2D eigenvalue weighted by molar-refractivity contribution is 7.22. The van der Waals surface area contributed by atoms with Gasteiger partial charge in [0.1, 0.15) is 5.82 Å². The second-order valence-electron chi connectivity index (χ2n) is 7.02. The molecule has 1 fully saturated rings. The molecule has 5 nitrogen and oxygen atoms in total. The summed E-state index contributed by atoms with van der Waals surface area (Å²) in [6.07, 6.45) is 3.70. The van der Waals surface area contributed by atoms with Crippen LogP contribution >= 0.6 is 11.3 Å². The second-order valence-corrected chi connectivity index (χ2v) is 8.03. The van der Waals surface area contributed by atoms with Crippen LogP contribution < -0.4 is 4.90 Å². The van der Waals surface area contributed by atoms with Crippen molar-refractivity contribution in [1.82, 2.24) is 19.9 Å². The quantitative estimate of drug-likeness (QED) is 0.566. The van der Waals surface area contributed by atoms with Crippen LogP contribution in [0.25, 0.3) is 21.6 Å². The van der Waals surface area contributed by atoms with Gasteiger partial charge >= 0.3 is 0 Å². The van der Waals surface area contributed by atoms with Crippen molar-refractivity contribution in [3.63, 3.8) is 0 Å². The number of piperazine rings is 1. The maximum Gasteiger partial charge on any atom is 0.188 e. The molecule has 0 aliphatic carbocycles. The molecule has 1 aliphatic rings. The number of hydrogen-bond donors (Lipinski definition) is 1. The van der Waals surface area contributed by atoms with Gasteiger partial charge in [0.15, 0.2) is 10.8 Å². The van der Waals surface area contributed by atoms with E-state index in [1.54, 1.807) is 23.5 Å². The van der Waals surface area contributed by atoms with Gasteiger partial charge in [0.2, 0.25) is 0 Å². The number of aromatic amines is 1. The van der Waals surface area contributed by atoms with Crippen LogP contribution in [-0.2, 0) is 6.54 Å². The molecule has 4 aromatic rings. The fourth-order valence-electron chi connectivity index (χ4n) is 3.57. The summed E-state index contributed by atoms with van der Waals surface area (Å²) in [7, 11) is 0. The summed E-state index contributed by atoms with van der Waals surface area (Å²) in [4.78, 5) is 17.1. The van der Waals surface area contributed by atoms with Crippen LogP contribution in [-0.4, -0.2) is 46.0 Å². The lowest BCUT2D eigenvalue weighted by Crippen LogP contribution is -2.45. The third-order valence-corrected chi connectivity index (χ3v) is 6.19. The third kappa shape index (κ3) is 3.50. The van der Waals surface area contributed by atoms with Gasteiger partial charge in [-0.2, -0.15) is 0 Å². The van der Waals surface area contributed by atoms with Crippen molar-refractivity contribution >= 4 is 26.8 Å². The van der Waals surface area contributed by atoms with Crippen molar-refractivity contribution in [2.24, 2.45) is 0 Å². The number of H-pyrrole nitrogens is 1. The van der Waals surface area contributed by atoms with E-state index in [9.17, 15) is 4.39 Å². The number of rotatable bonds is 4. The molecule has 0 spiro atoms. The minimum atomic E-state index is -0.222. The van der Waals surface area contributed by atoms with Gasteiger partial charge in [-0.3, -0.25) is 9.88 Å². The monoisotopic (exact) mass is 393 g/mol. The van der Waals surface area contributed by atoms with Crippen LogP contribution in [0.1, 0.15) is 5.56 Å². The van der Waals surface area contributed by atoms with Crippen LogP contribution in [0, 0.1) is 5.82 Å². The Balaban J connectivity index is 1.26. The molecule has 1 N–H and O–H groups in total. The van der Waals surface area contributed by atoms with Crippen molar-refractivity contribution < 1.29 is 4.39 Å². The molecular weight excluding hydrogens is 373 g/mol. The molecule has 1 aromatic carbocycles. The zero-order chi connectivity index (χ0) is 18.9. The standard InChI is InChI=1S/C21H20FN5S/c22-17-3-1-16(2-4-17)18-13-19-20(24-18)25-21(28-19)27-11-9-26(10-12-27)14-15-5-7-23-8-6-15/h1-8,13,24H,9-12,14H2. The van der Waals surface area contributed by atoms with E-state index in [0.29, 0.717) is 0 Å². The Hall–Kier alpha value is -2.77. The highest BCUT2D eigenvalue weighted by atomic mass is 32.1. The first-order valence-corrected chi connectivity index (χ1v) is 10.2. The van der Waals surface area contributed by atoms with E-state index in [2.05, 4.69) is 38.0 Å². The summed E-state index contributed by atoms with van der Waals surface area (Å²) in [5.74, 6) is -0.222. The molecule has 0 bridgehead atoms. The topological polar surface area (TPSA) is 48.1 Å². The summed E-state index contributed by atoms with van der Waals surface area (Å²) in [6, 6.07) is 12.8. The zero-order valence-electron chi connectivity index (χ0n) is 15.3. The highest BCUT2D eigenvalue weighted by Gasteiger charge is 2.20. The summed E-state index contributed by atoms with van der Waals surface area (Å²) < 4.78 is 14.3. The van der Waals surface area contributed by atoms with Gasteiger partial charge < -0.3 is 9.88 Å². The summed E-state index contributed by atoms with van der Waals surface area (Å²) in [5, 5.41) is 1.07. The maximum absolute atomic E-state index is 13.1. The normalized spacial score (nSPS) is 15.4. The number of benzene rings is 1. The Labute approximate surface area is 166 Å².